The van der Waals surface area contributed by atoms with Crippen molar-refractivity contribution in [1.29, 1.82) is 0 Å². The van der Waals surface area contributed by atoms with Gasteiger partial charge in [0.1, 0.15) is 10.5 Å². The van der Waals surface area contributed by atoms with E-state index >= 15 is 0 Å². The molecule has 0 saturated carbocycles. The Morgan fingerprint density at radius 3 is 2.70 bits per heavy atom. The average Bonchev–Trinajstić information content (AvgIpc) is 3.00. The number of hydrogen-bond acceptors (Lipinski definition) is 4. The quantitative estimate of drug-likeness (QED) is 0.516. The van der Waals surface area contributed by atoms with E-state index in [-0.39, 0.29) is 11.5 Å². The van der Waals surface area contributed by atoms with Gasteiger partial charge in [0.2, 0.25) is 0 Å². The Bertz CT molecular complexity index is 1270. The molecule has 4 rings (SSSR count). The number of aryl methyl sites for hydroxylation is 1. The van der Waals surface area contributed by atoms with Crippen molar-refractivity contribution in [2.45, 2.75) is 13.3 Å². The number of benzene rings is 2. The van der Waals surface area contributed by atoms with Crippen molar-refractivity contribution in [1.82, 2.24) is 14.7 Å². The van der Waals surface area contributed by atoms with Gasteiger partial charge in [0.15, 0.2) is 3.95 Å². The third kappa shape index (κ3) is 3.31. The molecule has 0 unspecified atom stereocenters. The second-order valence-corrected chi connectivity index (χ2v) is 7.99. The van der Waals surface area contributed by atoms with Gasteiger partial charge in [-0.15, -0.1) is 0 Å². The van der Waals surface area contributed by atoms with Gasteiger partial charge < -0.3 is 10.3 Å². The number of nitrogens with zero attached hydrogens (tertiary/aromatic N) is 1. The minimum Gasteiger partial charge on any atom is -0.351 e. The van der Waals surface area contributed by atoms with Crippen LogP contribution in [0.4, 0.5) is 0 Å². The van der Waals surface area contributed by atoms with Gasteiger partial charge in [-0.1, -0.05) is 53.3 Å². The fraction of sp³-hybridized carbons (Fsp3) is 0.150. The molecule has 4 aromatic rings. The van der Waals surface area contributed by atoms with Crippen LogP contribution in [0, 0.1) is 10.9 Å². The number of H-pyrrole nitrogens is 1. The first-order chi connectivity index (χ1) is 13.0. The summed E-state index contributed by atoms with van der Waals surface area (Å²) < 4.78 is 2.28. The lowest BCUT2D eigenvalue weighted by Crippen LogP contribution is -2.25. The van der Waals surface area contributed by atoms with Crippen molar-refractivity contribution in [3.63, 3.8) is 0 Å². The van der Waals surface area contributed by atoms with Crippen molar-refractivity contribution in [2.24, 2.45) is 0 Å². The van der Waals surface area contributed by atoms with Crippen LogP contribution in [-0.2, 0) is 6.42 Å². The Morgan fingerprint density at radius 1 is 1.19 bits per heavy atom. The molecule has 0 spiro atoms. The smallest absolute Gasteiger partial charge is 0.265 e. The van der Waals surface area contributed by atoms with Gasteiger partial charge in [0, 0.05) is 6.54 Å². The number of carbonyl (C=O) groups excluding carboxylic acids is 1. The minimum atomic E-state index is -0.230. The normalized spacial score (nSPS) is 11.1. The molecule has 2 heterocycles. The first kappa shape index (κ1) is 17.6. The molecule has 7 heteroatoms. The third-order valence-corrected chi connectivity index (χ3v) is 5.83. The molecule has 0 saturated heterocycles. The Hall–Kier alpha value is -2.77. The van der Waals surface area contributed by atoms with Crippen LogP contribution in [-0.4, -0.2) is 21.8 Å². The zero-order valence-corrected chi connectivity index (χ0v) is 16.2. The summed E-state index contributed by atoms with van der Waals surface area (Å²) >= 11 is 6.65. The third-order valence-electron chi connectivity index (χ3n) is 4.46. The zero-order valence-electron chi connectivity index (χ0n) is 14.6. The maximum absolute atomic E-state index is 12.7. The number of nitrogens with one attached hydrogen (secondary N) is 2. The van der Waals surface area contributed by atoms with Crippen LogP contribution in [0.3, 0.4) is 0 Å². The van der Waals surface area contributed by atoms with E-state index in [0.717, 1.165) is 12.0 Å². The Kier molecular flexibility index (Phi) is 4.63. The molecule has 136 valence electrons. The lowest BCUT2D eigenvalue weighted by molar-refractivity contribution is 0.0959. The van der Waals surface area contributed by atoms with Gasteiger partial charge in [-0.05, 0) is 43.3 Å². The van der Waals surface area contributed by atoms with Gasteiger partial charge in [-0.3, -0.25) is 14.0 Å². The van der Waals surface area contributed by atoms with Crippen LogP contribution in [0.1, 0.15) is 20.8 Å². The molecule has 2 N–H and O–H groups in total. The predicted molar refractivity (Wildman–Crippen MR) is 111 cm³/mol. The SMILES string of the molecule is Cc1ccc(CCNC(=O)c2sc(=S)n3c2[nH]c(=O)c2ccccc23)cc1. The lowest BCUT2D eigenvalue weighted by atomic mass is 10.1. The van der Waals surface area contributed by atoms with Crippen LogP contribution >= 0.6 is 23.6 Å². The molecule has 0 atom stereocenters. The van der Waals surface area contributed by atoms with Crippen LogP contribution in [0.5, 0.6) is 0 Å². The molecule has 0 radical (unpaired) electrons. The summed E-state index contributed by atoms with van der Waals surface area (Å²) in [6.45, 7) is 2.55. The highest BCUT2D eigenvalue weighted by Gasteiger charge is 2.17. The van der Waals surface area contributed by atoms with Gasteiger partial charge in [0.25, 0.3) is 11.5 Å². The second-order valence-electron chi connectivity index (χ2n) is 6.34. The summed E-state index contributed by atoms with van der Waals surface area (Å²) in [6.07, 6.45) is 0.739. The van der Waals surface area contributed by atoms with E-state index in [9.17, 15) is 9.59 Å². The highest BCUT2D eigenvalue weighted by Crippen LogP contribution is 2.22. The number of para-hydroxylation sites is 1. The van der Waals surface area contributed by atoms with Crippen LogP contribution in [0.15, 0.2) is 53.3 Å². The molecular formula is C20H17N3O2S2. The zero-order chi connectivity index (χ0) is 19.0. The van der Waals surface area contributed by atoms with Gasteiger partial charge >= 0.3 is 0 Å². The summed E-state index contributed by atoms with van der Waals surface area (Å²) in [5.74, 6) is -0.230. The van der Waals surface area contributed by atoms with E-state index in [0.29, 0.717) is 31.9 Å². The molecule has 0 bridgehead atoms. The van der Waals surface area contributed by atoms with Crippen molar-refractivity contribution in [2.75, 3.05) is 6.54 Å². The maximum atomic E-state index is 12.7. The van der Waals surface area contributed by atoms with E-state index in [4.69, 9.17) is 12.2 Å². The van der Waals surface area contributed by atoms with E-state index in [1.165, 1.54) is 16.9 Å². The van der Waals surface area contributed by atoms with Crippen LogP contribution < -0.4 is 10.9 Å². The number of aromatic nitrogens is 2. The fourth-order valence-electron chi connectivity index (χ4n) is 3.05. The Morgan fingerprint density at radius 2 is 1.93 bits per heavy atom. The van der Waals surface area contributed by atoms with Crippen molar-refractivity contribution < 1.29 is 4.79 Å². The average molecular weight is 396 g/mol. The highest BCUT2D eigenvalue weighted by molar-refractivity contribution is 7.73. The largest absolute Gasteiger partial charge is 0.351 e. The van der Waals surface area contributed by atoms with Gasteiger partial charge in [-0.25, -0.2) is 0 Å². The molecule has 2 aromatic heterocycles. The number of amides is 1. The molecular weight excluding hydrogens is 378 g/mol. The topological polar surface area (TPSA) is 66.4 Å². The summed E-state index contributed by atoms with van der Waals surface area (Å²) in [7, 11) is 0. The van der Waals surface area contributed by atoms with Crippen molar-refractivity contribution in [3.8, 4) is 0 Å². The van der Waals surface area contributed by atoms with Crippen molar-refractivity contribution >= 4 is 46.0 Å². The highest BCUT2D eigenvalue weighted by atomic mass is 32.1. The number of hydrogen-bond donors (Lipinski definition) is 2. The fourth-order valence-corrected chi connectivity index (χ4v) is 4.35. The summed E-state index contributed by atoms with van der Waals surface area (Å²) in [5, 5.41) is 3.47. The van der Waals surface area contributed by atoms with E-state index < -0.39 is 0 Å². The maximum Gasteiger partial charge on any atom is 0.265 e. The number of aromatic amines is 1. The summed E-state index contributed by atoms with van der Waals surface area (Å²) in [5.41, 5.74) is 3.29. The molecule has 2 aromatic carbocycles. The second kappa shape index (κ2) is 7.09. The van der Waals surface area contributed by atoms with Crippen LogP contribution in [0.25, 0.3) is 16.6 Å². The van der Waals surface area contributed by atoms with E-state index in [1.54, 1.807) is 16.5 Å². The number of fused-ring (bicyclic) bond motifs is 3. The molecule has 0 aliphatic rings. The molecule has 1 amide bonds. The molecule has 0 fully saturated rings. The van der Waals surface area contributed by atoms with E-state index in [1.807, 2.05) is 19.1 Å². The summed E-state index contributed by atoms with van der Waals surface area (Å²) in [4.78, 5) is 28.3. The molecule has 0 aliphatic heterocycles. The minimum absolute atomic E-state index is 0.230. The van der Waals surface area contributed by atoms with Crippen LogP contribution in [0.2, 0.25) is 0 Å². The Labute approximate surface area is 164 Å². The monoisotopic (exact) mass is 395 g/mol. The first-order valence-corrected chi connectivity index (χ1v) is 9.77. The molecule has 27 heavy (non-hydrogen) atoms. The first-order valence-electron chi connectivity index (χ1n) is 8.55. The standard InChI is InChI=1S/C20H17N3O2S2/c1-12-6-8-13(9-7-12)10-11-21-19(25)16-17-22-18(24)14-4-2-3-5-15(14)23(17)20(26)27-16/h2-9H,10-11H2,1H3,(H,21,25)(H,22,24). The number of thiazole rings is 1. The van der Waals surface area contributed by atoms with Crippen molar-refractivity contribution in [3.05, 3.63) is 78.8 Å². The van der Waals surface area contributed by atoms with Gasteiger partial charge in [-0.2, -0.15) is 0 Å². The van der Waals surface area contributed by atoms with Gasteiger partial charge in [0.05, 0.1) is 10.9 Å². The number of rotatable bonds is 4. The summed E-state index contributed by atoms with van der Waals surface area (Å²) in [6, 6.07) is 15.5. The lowest BCUT2D eigenvalue weighted by Gasteiger charge is -2.06. The molecule has 5 nitrogen and oxygen atoms in total. The Balaban J connectivity index is 1.63. The van der Waals surface area contributed by atoms with E-state index in [2.05, 4.69) is 34.6 Å². The molecule has 0 aliphatic carbocycles. The predicted octanol–water partition coefficient (Wildman–Crippen LogP) is 3.85. The number of carbonyl (C=O) groups is 1.